The molecule has 0 unspecified atom stereocenters. The van der Waals surface area contributed by atoms with Gasteiger partial charge in [0.1, 0.15) is 5.76 Å². The summed E-state index contributed by atoms with van der Waals surface area (Å²) in [5, 5.41) is 12.8. The first kappa shape index (κ1) is 14.6. The van der Waals surface area contributed by atoms with E-state index in [1.807, 2.05) is 18.5 Å². The van der Waals surface area contributed by atoms with Gasteiger partial charge in [-0.2, -0.15) is 5.10 Å². The Morgan fingerprint density at radius 1 is 1.48 bits per heavy atom. The van der Waals surface area contributed by atoms with Crippen molar-refractivity contribution in [2.24, 2.45) is 0 Å². The number of rotatable bonds is 6. The second-order valence-corrected chi connectivity index (χ2v) is 6.32. The van der Waals surface area contributed by atoms with Gasteiger partial charge in [0.25, 0.3) is 0 Å². The van der Waals surface area contributed by atoms with Gasteiger partial charge in [-0.15, -0.1) is 0 Å². The Morgan fingerprint density at radius 2 is 2.24 bits per heavy atom. The fraction of sp³-hybridized carbons (Fsp3) is 0.600. The Balaban J connectivity index is 1.53. The molecule has 1 atom stereocenters. The predicted molar refractivity (Wildman–Crippen MR) is 81.5 cm³/mol. The van der Waals surface area contributed by atoms with E-state index in [-0.39, 0.29) is 6.04 Å². The van der Waals surface area contributed by atoms with E-state index in [4.69, 9.17) is 16.1 Å². The molecule has 6 heteroatoms. The van der Waals surface area contributed by atoms with Crippen LogP contribution in [0.5, 0.6) is 0 Å². The smallest absolute Gasteiger partial charge is 0.140 e. The van der Waals surface area contributed by atoms with Gasteiger partial charge in [0.2, 0.25) is 0 Å². The lowest BCUT2D eigenvalue weighted by Gasteiger charge is -2.14. The number of halogens is 1. The van der Waals surface area contributed by atoms with E-state index < -0.39 is 0 Å². The molecule has 1 aliphatic carbocycles. The van der Waals surface area contributed by atoms with E-state index in [1.165, 1.54) is 12.8 Å². The van der Waals surface area contributed by atoms with Crippen molar-refractivity contribution in [1.82, 2.24) is 20.3 Å². The van der Waals surface area contributed by atoms with Crippen molar-refractivity contribution < 1.29 is 4.52 Å². The summed E-state index contributed by atoms with van der Waals surface area (Å²) in [5.41, 5.74) is 2.86. The molecule has 21 heavy (non-hydrogen) atoms. The third-order valence-electron chi connectivity index (χ3n) is 3.93. The SMILES string of the molecule is Cc1nn(C[C@H](C)NCc2cc(C3CC3)on2)c(C)c1Cl. The quantitative estimate of drug-likeness (QED) is 0.890. The minimum atomic E-state index is 0.278. The van der Waals surface area contributed by atoms with Crippen LogP contribution >= 0.6 is 11.6 Å². The first-order valence-corrected chi connectivity index (χ1v) is 7.80. The standard InChI is InChI=1S/C15H21ClN4O/c1-9(8-20-11(3)15(16)10(2)18-20)17-7-13-6-14(21-19-13)12-4-5-12/h6,9,12,17H,4-5,7-8H2,1-3H3/t9-/m0/s1. The molecule has 3 rings (SSSR count). The summed E-state index contributed by atoms with van der Waals surface area (Å²) in [4.78, 5) is 0. The normalized spacial score (nSPS) is 16.4. The number of hydrogen-bond acceptors (Lipinski definition) is 4. The Bertz CT molecular complexity index is 630. The summed E-state index contributed by atoms with van der Waals surface area (Å²) in [7, 11) is 0. The van der Waals surface area contributed by atoms with Crippen molar-refractivity contribution in [1.29, 1.82) is 0 Å². The van der Waals surface area contributed by atoms with Gasteiger partial charge in [-0.1, -0.05) is 16.8 Å². The van der Waals surface area contributed by atoms with E-state index >= 15 is 0 Å². The first-order valence-electron chi connectivity index (χ1n) is 7.43. The summed E-state index contributed by atoms with van der Waals surface area (Å²) < 4.78 is 7.30. The fourth-order valence-corrected chi connectivity index (χ4v) is 2.56. The van der Waals surface area contributed by atoms with Gasteiger partial charge in [0.05, 0.1) is 28.6 Å². The minimum Gasteiger partial charge on any atom is -0.361 e. The van der Waals surface area contributed by atoms with Crippen LogP contribution in [0, 0.1) is 13.8 Å². The molecule has 0 amide bonds. The largest absolute Gasteiger partial charge is 0.361 e. The highest BCUT2D eigenvalue weighted by Crippen LogP contribution is 2.40. The van der Waals surface area contributed by atoms with E-state index in [1.54, 1.807) is 0 Å². The van der Waals surface area contributed by atoms with Gasteiger partial charge < -0.3 is 9.84 Å². The number of nitrogens with zero attached hydrogens (tertiary/aromatic N) is 3. The van der Waals surface area contributed by atoms with Crippen LogP contribution in [0.4, 0.5) is 0 Å². The highest BCUT2D eigenvalue weighted by atomic mass is 35.5. The Hall–Kier alpha value is -1.33. The van der Waals surface area contributed by atoms with Crippen LogP contribution in [-0.2, 0) is 13.1 Å². The van der Waals surface area contributed by atoms with Crippen molar-refractivity contribution >= 4 is 11.6 Å². The minimum absolute atomic E-state index is 0.278. The molecule has 114 valence electrons. The van der Waals surface area contributed by atoms with E-state index in [9.17, 15) is 0 Å². The molecule has 0 saturated heterocycles. The summed E-state index contributed by atoms with van der Waals surface area (Å²) in [6, 6.07) is 2.34. The third kappa shape index (κ3) is 3.30. The Labute approximate surface area is 129 Å². The molecule has 2 heterocycles. The molecule has 0 bridgehead atoms. The zero-order chi connectivity index (χ0) is 15.0. The van der Waals surface area contributed by atoms with Crippen LogP contribution in [0.15, 0.2) is 10.6 Å². The van der Waals surface area contributed by atoms with Crippen LogP contribution in [0.3, 0.4) is 0 Å². The molecule has 1 aliphatic rings. The molecule has 0 aliphatic heterocycles. The molecule has 1 fully saturated rings. The molecule has 2 aromatic rings. The molecular formula is C15H21ClN4O. The Morgan fingerprint density at radius 3 is 2.86 bits per heavy atom. The fourth-order valence-electron chi connectivity index (χ4n) is 2.43. The molecule has 0 aromatic carbocycles. The first-order chi connectivity index (χ1) is 10.0. The molecule has 5 nitrogen and oxygen atoms in total. The lowest BCUT2D eigenvalue weighted by atomic mass is 10.2. The number of hydrogen-bond donors (Lipinski definition) is 1. The second-order valence-electron chi connectivity index (χ2n) is 5.94. The molecule has 1 N–H and O–H groups in total. The topological polar surface area (TPSA) is 55.9 Å². The van der Waals surface area contributed by atoms with Crippen molar-refractivity contribution in [3.8, 4) is 0 Å². The summed E-state index contributed by atoms with van der Waals surface area (Å²) in [6.07, 6.45) is 2.47. The zero-order valence-corrected chi connectivity index (χ0v) is 13.4. The Kier molecular flexibility index (Phi) is 4.04. The highest BCUT2D eigenvalue weighted by Gasteiger charge is 2.27. The maximum absolute atomic E-state index is 6.17. The van der Waals surface area contributed by atoms with Gasteiger partial charge >= 0.3 is 0 Å². The average molecular weight is 309 g/mol. The highest BCUT2D eigenvalue weighted by molar-refractivity contribution is 6.31. The van der Waals surface area contributed by atoms with Crippen LogP contribution in [0.2, 0.25) is 5.02 Å². The predicted octanol–water partition coefficient (Wildman–Crippen LogP) is 3.20. The zero-order valence-electron chi connectivity index (χ0n) is 12.7. The monoisotopic (exact) mass is 308 g/mol. The van der Waals surface area contributed by atoms with E-state index in [0.29, 0.717) is 12.5 Å². The van der Waals surface area contributed by atoms with Gasteiger partial charge in [0, 0.05) is 24.6 Å². The second kappa shape index (κ2) is 5.81. The lowest BCUT2D eigenvalue weighted by molar-refractivity contribution is 0.371. The molecule has 2 aromatic heterocycles. The average Bonchev–Trinajstić information content (AvgIpc) is 3.16. The van der Waals surface area contributed by atoms with Crippen LogP contribution in [0.25, 0.3) is 0 Å². The summed E-state index contributed by atoms with van der Waals surface area (Å²) in [6.45, 7) is 7.55. The number of nitrogens with one attached hydrogen (secondary N) is 1. The number of aromatic nitrogens is 3. The van der Waals surface area contributed by atoms with E-state index in [0.717, 1.165) is 34.4 Å². The molecule has 0 spiro atoms. The van der Waals surface area contributed by atoms with Crippen LogP contribution < -0.4 is 5.32 Å². The summed E-state index contributed by atoms with van der Waals surface area (Å²) >= 11 is 6.17. The maximum Gasteiger partial charge on any atom is 0.140 e. The third-order valence-corrected chi connectivity index (χ3v) is 4.48. The van der Waals surface area contributed by atoms with Crippen molar-refractivity contribution in [2.75, 3.05) is 0 Å². The summed E-state index contributed by atoms with van der Waals surface area (Å²) in [5.74, 6) is 1.64. The van der Waals surface area contributed by atoms with Gasteiger partial charge in [0.15, 0.2) is 0 Å². The molecule has 1 saturated carbocycles. The van der Waals surface area contributed by atoms with Crippen molar-refractivity contribution in [3.63, 3.8) is 0 Å². The van der Waals surface area contributed by atoms with Crippen LogP contribution in [0.1, 0.15) is 48.5 Å². The molecular weight excluding hydrogens is 288 g/mol. The lowest BCUT2D eigenvalue weighted by Crippen LogP contribution is -2.30. The van der Waals surface area contributed by atoms with Crippen molar-refractivity contribution in [2.45, 2.75) is 58.7 Å². The maximum atomic E-state index is 6.17. The number of aryl methyl sites for hydroxylation is 1. The van der Waals surface area contributed by atoms with Gasteiger partial charge in [-0.25, -0.2) is 0 Å². The van der Waals surface area contributed by atoms with Crippen molar-refractivity contribution in [3.05, 3.63) is 33.9 Å². The van der Waals surface area contributed by atoms with Gasteiger partial charge in [-0.3, -0.25) is 4.68 Å². The van der Waals surface area contributed by atoms with E-state index in [2.05, 4.69) is 28.6 Å². The van der Waals surface area contributed by atoms with Crippen LogP contribution in [-0.4, -0.2) is 21.0 Å². The molecule has 0 radical (unpaired) electrons. The van der Waals surface area contributed by atoms with Gasteiger partial charge in [-0.05, 0) is 33.6 Å².